The Bertz CT molecular complexity index is 1240. The summed E-state index contributed by atoms with van der Waals surface area (Å²) in [5.41, 5.74) is 3.75. The van der Waals surface area contributed by atoms with Crippen LogP contribution in [0.15, 0.2) is 75.8 Å². The van der Waals surface area contributed by atoms with Gasteiger partial charge in [-0.2, -0.15) is 0 Å². The van der Waals surface area contributed by atoms with Crippen LogP contribution < -0.4 is 9.47 Å². The van der Waals surface area contributed by atoms with Crippen LogP contribution in [0, 0.1) is 10.5 Å². The van der Waals surface area contributed by atoms with Gasteiger partial charge in [0.15, 0.2) is 17.2 Å². The number of aliphatic imine (C=N–C) groups is 1. The predicted octanol–water partition coefficient (Wildman–Crippen LogP) is 6.29. The molecular formula is C25H19BrINO4. The summed E-state index contributed by atoms with van der Waals surface area (Å²) in [4.78, 5) is 16.9. The fourth-order valence-electron chi connectivity index (χ4n) is 3.16. The fraction of sp³-hybridized carbons (Fsp3) is 0.120. The minimum absolute atomic E-state index is 0.206. The quantitative estimate of drug-likeness (QED) is 0.189. The summed E-state index contributed by atoms with van der Waals surface area (Å²) in [7, 11) is 1.58. The second-order valence-corrected chi connectivity index (χ2v) is 9.17. The third-order valence-electron chi connectivity index (χ3n) is 4.84. The van der Waals surface area contributed by atoms with Crippen molar-refractivity contribution >= 4 is 56.5 Å². The van der Waals surface area contributed by atoms with Gasteiger partial charge in [-0.1, -0.05) is 40.2 Å². The number of methoxy groups -OCH3 is 1. The molecule has 0 spiro atoms. The van der Waals surface area contributed by atoms with Crippen molar-refractivity contribution in [3.63, 3.8) is 0 Å². The molecule has 5 nitrogen and oxygen atoms in total. The Hall–Kier alpha value is -2.65. The van der Waals surface area contributed by atoms with Crippen molar-refractivity contribution in [2.45, 2.75) is 13.5 Å². The van der Waals surface area contributed by atoms with Crippen LogP contribution in [0.4, 0.5) is 0 Å². The number of para-hydroxylation sites is 1. The van der Waals surface area contributed by atoms with Crippen molar-refractivity contribution < 1.29 is 19.0 Å². The van der Waals surface area contributed by atoms with E-state index in [0.717, 1.165) is 24.7 Å². The van der Waals surface area contributed by atoms with Crippen molar-refractivity contribution in [3.05, 3.63) is 96.7 Å². The highest BCUT2D eigenvalue weighted by atomic mass is 127. The van der Waals surface area contributed by atoms with E-state index in [-0.39, 0.29) is 5.70 Å². The molecule has 0 aliphatic carbocycles. The molecule has 0 amide bonds. The number of benzene rings is 3. The van der Waals surface area contributed by atoms with Gasteiger partial charge in [0.1, 0.15) is 6.61 Å². The van der Waals surface area contributed by atoms with Crippen molar-refractivity contribution in [3.8, 4) is 11.5 Å². The first-order valence-corrected chi connectivity index (χ1v) is 11.6. The molecule has 3 aromatic rings. The van der Waals surface area contributed by atoms with Crippen LogP contribution in [0.25, 0.3) is 6.08 Å². The standard InChI is InChI=1S/C25H19BrINO4/c1-15-12-18(8-11-20(15)27)24-28-21(25(29)32-24)13-17-4-3-5-22(30-2)23(17)31-14-16-6-9-19(26)10-7-16/h3-13H,14H2,1-2H3/b21-13-. The lowest BCUT2D eigenvalue weighted by molar-refractivity contribution is -0.129. The fourth-order valence-corrected chi connectivity index (χ4v) is 3.76. The molecule has 0 N–H and O–H groups in total. The first kappa shape index (κ1) is 22.5. The summed E-state index contributed by atoms with van der Waals surface area (Å²) in [5, 5.41) is 0. The summed E-state index contributed by atoms with van der Waals surface area (Å²) in [5.74, 6) is 0.895. The topological polar surface area (TPSA) is 57.1 Å². The maximum atomic E-state index is 12.5. The molecule has 0 bridgehead atoms. The van der Waals surface area contributed by atoms with Gasteiger partial charge in [-0.3, -0.25) is 0 Å². The largest absolute Gasteiger partial charge is 0.493 e. The monoisotopic (exact) mass is 603 g/mol. The van der Waals surface area contributed by atoms with Gasteiger partial charge in [-0.15, -0.1) is 0 Å². The Morgan fingerprint density at radius 1 is 1.12 bits per heavy atom. The SMILES string of the molecule is COc1cccc(/C=C2\N=C(c3ccc(I)c(C)c3)OC2=O)c1OCc1ccc(Br)cc1. The third-order valence-corrected chi connectivity index (χ3v) is 6.58. The second kappa shape index (κ2) is 9.87. The van der Waals surface area contributed by atoms with Gasteiger partial charge in [-0.25, -0.2) is 9.79 Å². The van der Waals surface area contributed by atoms with Crippen LogP contribution in [-0.4, -0.2) is 19.0 Å². The number of nitrogens with zero attached hydrogens (tertiary/aromatic N) is 1. The number of rotatable bonds is 6. The van der Waals surface area contributed by atoms with Crippen LogP contribution >= 0.6 is 38.5 Å². The molecular weight excluding hydrogens is 585 g/mol. The van der Waals surface area contributed by atoms with Gasteiger partial charge >= 0.3 is 5.97 Å². The molecule has 32 heavy (non-hydrogen) atoms. The molecule has 1 aliphatic heterocycles. The van der Waals surface area contributed by atoms with Crippen molar-refractivity contribution in [1.29, 1.82) is 0 Å². The molecule has 1 aliphatic rings. The van der Waals surface area contributed by atoms with E-state index in [1.165, 1.54) is 0 Å². The predicted molar refractivity (Wildman–Crippen MR) is 136 cm³/mol. The average Bonchev–Trinajstić information content (AvgIpc) is 3.15. The zero-order valence-corrected chi connectivity index (χ0v) is 21.1. The minimum atomic E-state index is -0.502. The van der Waals surface area contributed by atoms with Gasteiger partial charge < -0.3 is 14.2 Å². The van der Waals surface area contributed by atoms with Crippen molar-refractivity contribution in [2.24, 2.45) is 4.99 Å². The van der Waals surface area contributed by atoms with Gasteiger partial charge in [0.25, 0.3) is 0 Å². The number of carbonyl (C=O) groups is 1. The Morgan fingerprint density at radius 2 is 1.91 bits per heavy atom. The highest BCUT2D eigenvalue weighted by Crippen LogP contribution is 2.34. The third kappa shape index (κ3) is 5.05. The molecule has 0 atom stereocenters. The Morgan fingerprint density at radius 3 is 2.62 bits per heavy atom. The molecule has 0 radical (unpaired) electrons. The molecule has 1 heterocycles. The number of halogens is 2. The van der Waals surface area contributed by atoms with Crippen LogP contribution in [-0.2, 0) is 16.1 Å². The van der Waals surface area contributed by atoms with Gasteiger partial charge in [0, 0.05) is 19.2 Å². The van der Waals surface area contributed by atoms with Crippen molar-refractivity contribution in [2.75, 3.05) is 7.11 Å². The second-order valence-electron chi connectivity index (χ2n) is 7.09. The summed E-state index contributed by atoms with van der Waals surface area (Å²) in [6.07, 6.45) is 1.66. The summed E-state index contributed by atoms with van der Waals surface area (Å²) in [6, 6.07) is 19.2. The van der Waals surface area contributed by atoms with E-state index < -0.39 is 5.97 Å². The molecule has 3 aromatic carbocycles. The van der Waals surface area contributed by atoms with Gasteiger partial charge in [0.2, 0.25) is 5.90 Å². The summed E-state index contributed by atoms with van der Waals surface area (Å²) < 4.78 is 19.1. The van der Waals surface area contributed by atoms with Crippen LogP contribution in [0.3, 0.4) is 0 Å². The number of cyclic esters (lactones) is 1. The van der Waals surface area contributed by atoms with Gasteiger partial charge in [0.05, 0.1) is 7.11 Å². The van der Waals surface area contributed by atoms with E-state index >= 15 is 0 Å². The molecule has 0 saturated heterocycles. The zero-order valence-electron chi connectivity index (χ0n) is 17.4. The molecule has 0 fully saturated rings. The number of carbonyl (C=O) groups excluding carboxylic acids is 1. The van der Waals surface area contributed by atoms with Crippen LogP contribution in [0.1, 0.15) is 22.3 Å². The Balaban J connectivity index is 1.65. The minimum Gasteiger partial charge on any atom is -0.493 e. The highest BCUT2D eigenvalue weighted by molar-refractivity contribution is 14.1. The van der Waals surface area contributed by atoms with E-state index in [9.17, 15) is 4.79 Å². The normalized spacial score (nSPS) is 14.3. The Kier molecular flexibility index (Phi) is 6.95. The van der Waals surface area contributed by atoms with Crippen molar-refractivity contribution in [1.82, 2.24) is 0 Å². The van der Waals surface area contributed by atoms with Crippen LogP contribution in [0.2, 0.25) is 0 Å². The first-order chi connectivity index (χ1) is 15.4. The summed E-state index contributed by atoms with van der Waals surface area (Å²) >= 11 is 5.70. The van der Waals surface area contributed by atoms with E-state index in [1.54, 1.807) is 13.2 Å². The lowest BCUT2D eigenvalue weighted by Crippen LogP contribution is -2.06. The van der Waals surface area contributed by atoms with E-state index in [1.807, 2.05) is 67.6 Å². The average molecular weight is 604 g/mol. The van der Waals surface area contributed by atoms with E-state index in [4.69, 9.17) is 14.2 Å². The van der Waals surface area contributed by atoms with Crippen LogP contribution in [0.5, 0.6) is 11.5 Å². The molecule has 0 saturated carbocycles. The lowest BCUT2D eigenvalue weighted by Gasteiger charge is -2.13. The number of hydrogen-bond acceptors (Lipinski definition) is 5. The number of hydrogen-bond donors (Lipinski definition) is 0. The zero-order chi connectivity index (χ0) is 22.7. The first-order valence-electron chi connectivity index (χ1n) is 9.78. The molecule has 0 unspecified atom stereocenters. The smallest absolute Gasteiger partial charge is 0.363 e. The molecule has 7 heteroatoms. The lowest BCUT2D eigenvalue weighted by atomic mass is 10.1. The van der Waals surface area contributed by atoms with E-state index in [0.29, 0.717) is 29.6 Å². The maximum absolute atomic E-state index is 12.5. The highest BCUT2D eigenvalue weighted by Gasteiger charge is 2.25. The molecule has 0 aromatic heterocycles. The number of aryl methyl sites for hydroxylation is 1. The maximum Gasteiger partial charge on any atom is 0.363 e. The number of ether oxygens (including phenoxy) is 3. The molecule has 4 rings (SSSR count). The number of esters is 1. The summed E-state index contributed by atoms with van der Waals surface area (Å²) in [6.45, 7) is 2.36. The molecule has 162 valence electrons. The Labute approximate surface area is 208 Å². The van der Waals surface area contributed by atoms with E-state index in [2.05, 4.69) is 43.5 Å². The van der Waals surface area contributed by atoms with Gasteiger partial charge in [-0.05, 0) is 83.1 Å².